The number of nitrogens with one attached hydrogen (secondary N) is 1. The van der Waals surface area contributed by atoms with Crippen molar-refractivity contribution < 1.29 is 0 Å². The average molecular weight is 274 g/mol. The maximum atomic E-state index is 4.67. The normalized spacial score (nSPS) is 22.6. The van der Waals surface area contributed by atoms with Crippen molar-refractivity contribution in [3.8, 4) is 0 Å². The van der Waals surface area contributed by atoms with Gasteiger partial charge in [-0.15, -0.1) is 0 Å². The van der Waals surface area contributed by atoms with Gasteiger partial charge in [-0.1, -0.05) is 0 Å². The minimum Gasteiger partial charge on any atom is -0.353 e. The summed E-state index contributed by atoms with van der Waals surface area (Å²) in [4.78, 5) is 11.8. The van der Waals surface area contributed by atoms with Crippen molar-refractivity contribution in [3.05, 3.63) is 17.6 Å². The average Bonchev–Trinajstić information content (AvgIpc) is 2.53. The molecule has 20 heavy (non-hydrogen) atoms. The summed E-state index contributed by atoms with van der Waals surface area (Å²) in [5, 5.41) is 3.29. The fourth-order valence-electron chi connectivity index (χ4n) is 3.64. The van der Waals surface area contributed by atoms with Crippen molar-refractivity contribution in [1.29, 1.82) is 0 Å². The summed E-state index contributed by atoms with van der Waals surface area (Å²) >= 11 is 0. The largest absolute Gasteiger partial charge is 0.353 e. The van der Waals surface area contributed by atoms with E-state index in [4.69, 9.17) is 0 Å². The number of aryl methyl sites for hydroxylation is 1. The van der Waals surface area contributed by atoms with E-state index in [0.717, 1.165) is 19.5 Å². The molecule has 1 atom stereocenters. The first kappa shape index (κ1) is 13.8. The van der Waals surface area contributed by atoms with E-state index in [9.17, 15) is 0 Å². The number of anilines is 1. The third-order valence-corrected chi connectivity index (χ3v) is 4.73. The van der Waals surface area contributed by atoms with Gasteiger partial charge in [-0.05, 0) is 65.0 Å². The van der Waals surface area contributed by atoms with E-state index in [-0.39, 0.29) is 0 Å². The zero-order valence-corrected chi connectivity index (χ0v) is 12.6. The SMILES string of the molecule is CNCCC1CCCCN1c1ncnc2c1CCCC2. The second-order valence-electron chi connectivity index (χ2n) is 6.06. The summed E-state index contributed by atoms with van der Waals surface area (Å²) in [7, 11) is 2.04. The zero-order chi connectivity index (χ0) is 13.8. The molecular formula is C16H26N4. The molecule has 0 aromatic carbocycles. The van der Waals surface area contributed by atoms with Crippen LogP contribution in [-0.4, -0.2) is 36.1 Å². The van der Waals surface area contributed by atoms with Crippen molar-refractivity contribution in [1.82, 2.24) is 15.3 Å². The molecule has 0 radical (unpaired) electrons. The molecule has 1 fully saturated rings. The summed E-state index contributed by atoms with van der Waals surface area (Å²) in [5.74, 6) is 1.25. The predicted molar refractivity (Wildman–Crippen MR) is 82.2 cm³/mol. The Labute approximate surface area is 122 Å². The summed E-state index contributed by atoms with van der Waals surface area (Å²) in [6.45, 7) is 2.26. The maximum Gasteiger partial charge on any atom is 0.135 e. The lowest BCUT2D eigenvalue weighted by Crippen LogP contribution is -2.42. The molecule has 2 heterocycles. The van der Waals surface area contributed by atoms with Crippen LogP contribution in [0.4, 0.5) is 5.82 Å². The van der Waals surface area contributed by atoms with Crippen LogP contribution in [-0.2, 0) is 12.8 Å². The highest BCUT2D eigenvalue weighted by Gasteiger charge is 2.27. The monoisotopic (exact) mass is 274 g/mol. The van der Waals surface area contributed by atoms with E-state index in [2.05, 4.69) is 20.2 Å². The lowest BCUT2D eigenvalue weighted by Gasteiger charge is -2.38. The topological polar surface area (TPSA) is 41.0 Å². The van der Waals surface area contributed by atoms with Gasteiger partial charge in [0.2, 0.25) is 0 Å². The quantitative estimate of drug-likeness (QED) is 0.915. The molecular weight excluding hydrogens is 248 g/mol. The first-order chi connectivity index (χ1) is 9.90. The fraction of sp³-hybridized carbons (Fsp3) is 0.750. The molecule has 4 heteroatoms. The van der Waals surface area contributed by atoms with Gasteiger partial charge in [0.25, 0.3) is 0 Å². The van der Waals surface area contributed by atoms with Gasteiger partial charge in [0, 0.05) is 23.8 Å². The summed E-state index contributed by atoms with van der Waals surface area (Å²) in [5.41, 5.74) is 2.74. The van der Waals surface area contributed by atoms with Crippen LogP contribution in [0.5, 0.6) is 0 Å². The lowest BCUT2D eigenvalue weighted by molar-refractivity contribution is 0.428. The first-order valence-corrected chi connectivity index (χ1v) is 8.14. The van der Waals surface area contributed by atoms with Crippen molar-refractivity contribution >= 4 is 5.82 Å². The minimum atomic E-state index is 0.650. The lowest BCUT2D eigenvalue weighted by atomic mass is 9.93. The summed E-state index contributed by atoms with van der Waals surface area (Å²) in [6.07, 6.45) is 11.8. The third-order valence-electron chi connectivity index (χ3n) is 4.73. The molecule has 0 spiro atoms. The molecule has 4 nitrogen and oxygen atoms in total. The Morgan fingerprint density at radius 2 is 2.10 bits per heavy atom. The Bertz CT molecular complexity index is 446. The zero-order valence-electron chi connectivity index (χ0n) is 12.6. The van der Waals surface area contributed by atoms with Crippen LogP contribution >= 0.6 is 0 Å². The number of hydrogen-bond donors (Lipinski definition) is 1. The van der Waals surface area contributed by atoms with Gasteiger partial charge in [0.05, 0.1) is 0 Å². The number of nitrogens with zero attached hydrogens (tertiary/aromatic N) is 3. The molecule has 0 bridgehead atoms. The second-order valence-corrected chi connectivity index (χ2v) is 6.06. The van der Waals surface area contributed by atoms with Crippen LogP contribution in [0.1, 0.15) is 49.8 Å². The van der Waals surface area contributed by atoms with Crippen LogP contribution in [0, 0.1) is 0 Å². The van der Waals surface area contributed by atoms with Crippen LogP contribution in [0.2, 0.25) is 0 Å². The Hall–Kier alpha value is -1.16. The maximum absolute atomic E-state index is 4.67. The number of rotatable bonds is 4. The Kier molecular flexibility index (Phi) is 4.51. The summed E-state index contributed by atoms with van der Waals surface area (Å²) < 4.78 is 0. The molecule has 0 saturated carbocycles. The molecule has 110 valence electrons. The Morgan fingerprint density at radius 3 is 3.00 bits per heavy atom. The van der Waals surface area contributed by atoms with Crippen molar-refractivity contribution in [2.45, 2.75) is 57.4 Å². The fourth-order valence-corrected chi connectivity index (χ4v) is 3.64. The van der Waals surface area contributed by atoms with E-state index >= 15 is 0 Å². The van der Waals surface area contributed by atoms with Gasteiger partial charge >= 0.3 is 0 Å². The summed E-state index contributed by atoms with van der Waals surface area (Å²) in [6, 6.07) is 0.650. The van der Waals surface area contributed by atoms with Gasteiger partial charge < -0.3 is 10.2 Å². The highest BCUT2D eigenvalue weighted by atomic mass is 15.2. The minimum absolute atomic E-state index is 0.650. The standard InChI is InChI=1S/C16H26N4/c1-17-10-9-13-6-4-5-11-20(13)16-14-7-2-3-8-15(14)18-12-19-16/h12-13,17H,2-11H2,1H3. The van der Waals surface area contributed by atoms with Crippen LogP contribution in [0.25, 0.3) is 0 Å². The van der Waals surface area contributed by atoms with Gasteiger partial charge in [-0.3, -0.25) is 0 Å². The Balaban J connectivity index is 1.85. The van der Waals surface area contributed by atoms with E-state index in [1.165, 1.54) is 62.0 Å². The van der Waals surface area contributed by atoms with E-state index in [0.29, 0.717) is 6.04 Å². The molecule has 1 N–H and O–H groups in total. The van der Waals surface area contributed by atoms with Crippen LogP contribution < -0.4 is 10.2 Å². The molecule has 1 aliphatic heterocycles. The molecule has 1 unspecified atom stereocenters. The third kappa shape index (κ3) is 2.80. The Morgan fingerprint density at radius 1 is 1.20 bits per heavy atom. The van der Waals surface area contributed by atoms with Crippen LogP contribution in [0.3, 0.4) is 0 Å². The second kappa shape index (κ2) is 6.53. The predicted octanol–water partition coefficient (Wildman–Crippen LogP) is 2.32. The molecule has 3 rings (SSSR count). The van der Waals surface area contributed by atoms with Crippen molar-refractivity contribution in [3.63, 3.8) is 0 Å². The van der Waals surface area contributed by atoms with E-state index in [1.807, 2.05) is 7.05 Å². The van der Waals surface area contributed by atoms with E-state index < -0.39 is 0 Å². The molecule has 1 aliphatic carbocycles. The first-order valence-electron chi connectivity index (χ1n) is 8.14. The smallest absolute Gasteiger partial charge is 0.135 e. The highest BCUT2D eigenvalue weighted by molar-refractivity contribution is 5.50. The van der Waals surface area contributed by atoms with Gasteiger partial charge in [0.1, 0.15) is 12.1 Å². The number of aromatic nitrogens is 2. The molecule has 1 aromatic rings. The molecule has 2 aliphatic rings. The van der Waals surface area contributed by atoms with Crippen molar-refractivity contribution in [2.24, 2.45) is 0 Å². The van der Waals surface area contributed by atoms with Crippen LogP contribution in [0.15, 0.2) is 6.33 Å². The molecule has 0 amide bonds. The van der Waals surface area contributed by atoms with E-state index in [1.54, 1.807) is 6.33 Å². The van der Waals surface area contributed by atoms with Crippen molar-refractivity contribution in [2.75, 3.05) is 25.0 Å². The van der Waals surface area contributed by atoms with Gasteiger partial charge in [-0.25, -0.2) is 9.97 Å². The molecule has 1 aromatic heterocycles. The number of piperidine rings is 1. The number of hydrogen-bond acceptors (Lipinski definition) is 4. The van der Waals surface area contributed by atoms with Gasteiger partial charge in [0.15, 0.2) is 0 Å². The highest BCUT2D eigenvalue weighted by Crippen LogP contribution is 2.31. The molecule has 1 saturated heterocycles. The van der Waals surface area contributed by atoms with Gasteiger partial charge in [-0.2, -0.15) is 0 Å². The number of fused-ring (bicyclic) bond motifs is 1.